The third-order valence-electron chi connectivity index (χ3n) is 4.09. The molecule has 1 N–H and O–H groups in total. The zero-order valence-electron chi connectivity index (χ0n) is 11.7. The van der Waals surface area contributed by atoms with Gasteiger partial charge in [-0.3, -0.25) is 0 Å². The molecule has 1 saturated carbocycles. The Labute approximate surface area is 119 Å². The van der Waals surface area contributed by atoms with Crippen molar-refractivity contribution in [2.45, 2.75) is 58.5 Å². The minimum Gasteiger partial charge on any atom is -0.307 e. The number of hydrogen-bond acceptors (Lipinski definition) is 1. The second kappa shape index (κ2) is 5.75. The molecule has 0 amide bonds. The number of hydrogen-bond donors (Lipinski definition) is 1. The molecule has 0 radical (unpaired) electrons. The number of nitrogens with one attached hydrogen (secondary N) is 1. The predicted octanol–water partition coefficient (Wildman–Crippen LogP) is 5.07. The first-order chi connectivity index (χ1) is 8.50. The Kier molecular flexibility index (Phi) is 4.50. The fraction of sp³-hybridized carbons (Fsp3) is 0.625. The van der Waals surface area contributed by atoms with Gasteiger partial charge in [-0.05, 0) is 48.8 Å². The molecule has 1 nitrogen and oxygen atoms in total. The van der Waals surface area contributed by atoms with E-state index in [-0.39, 0.29) is 0 Å². The van der Waals surface area contributed by atoms with Crippen molar-refractivity contribution < 1.29 is 0 Å². The van der Waals surface area contributed by atoms with Crippen LogP contribution in [0.3, 0.4) is 0 Å². The van der Waals surface area contributed by atoms with Gasteiger partial charge in [-0.15, -0.1) is 0 Å². The van der Waals surface area contributed by atoms with Gasteiger partial charge < -0.3 is 5.32 Å². The highest BCUT2D eigenvalue weighted by molar-refractivity contribution is 9.10. The lowest BCUT2D eigenvalue weighted by atomic mass is 9.91. The van der Waals surface area contributed by atoms with Gasteiger partial charge in [-0.25, -0.2) is 0 Å². The molecule has 100 valence electrons. The first-order valence-electron chi connectivity index (χ1n) is 7.02. The van der Waals surface area contributed by atoms with Gasteiger partial charge in [-0.2, -0.15) is 0 Å². The van der Waals surface area contributed by atoms with Crippen molar-refractivity contribution in [1.82, 2.24) is 5.32 Å². The molecule has 1 aromatic carbocycles. The molecule has 18 heavy (non-hydrogen) atoms. The zero-order valence-corrected chi connectivity index (χ0v) is 13.3. The van der Waals surface area contributed by atoms with Gasteiger partial charge in [0.05, 0.1) is 0 Å². The van der Waals surface area contributed by atoms with Crippen LogP contribution < -0.4 is 5.32 Å². The third kappa shape index (κ3) is 3.58. The van der Waals surface area contributed by atoms with E-state index in [9.17, 15) is 0 Å². The maximum Gasteiger partial charge on any atom is 0.0320 e. The summed E-state index contributed by atoms with van der Waals surface area (Å²) >= 11 is 3.50. The van der Waals surface area contributed by atoms with Crippen molar-refractivity contribution in [2.75, 3.05) is 0 Å². The molecule has 1 aliphatic carbocycles. The van der Waals surface area contributed by atoms with Crippen LogP contribution in [0.25, 0.3) is 0 Å². The lowest BCUT2D eigenvalue weighted by molar-refractivity contribution is 0.350. The molecular weight excluding hydrogens is 286 g/mol. The van der Waals surface area contributed by atoms with Gasteiger partial charge in [0.15, 0.2) is 0 Å². The van der Waals surface area contributed by atoms with E-state index in [0.717, 1.165) is 10.9 Å². The standard InChI is InChI=1S/C16H24BrN/c1-4-15(12-5-7-13(17)8-6-12)18-14-9-10-16(2,3)11-14/h5-8,14-15,18H,4,9-11H2,1-3H3. The van der Waals surface area contributed by atoms with Crippen LogP contribution in [0.1, 0.15) is 58.1 Å². The van der Waals surface area contributed by atoms with Crippen molar-refractivity contribution in [2.24, 2.45) is 5.41 Å². The second-order valence-electron chi connectivity index (χ2n) is 6.28. The average molecular weight is 310 g/mol. The summed E-state index contributed by atoms with van der Waals surface area (Å²) in [5.74, 6) is 0. The molecule has 0 saturated heterocycles. The summed E-state index contributed by atoms with van der Waals surface area (Å²) in [6, 6.07) is 9.92. The summed E-state index contributed by atoms with van der Waals surface area (Å²) in [7, 11) is 0. The highest BCUT2D eigenvalue weighted by Gasteiger charge is 2.31. The van der Waals surface area contributed by atoms with Crippen LogP contribution in [0.5, 0.6) is 0 Å². The van der Waals surface area contributed by atoms with Gasteiger partial charge in [-0.1, -0.05) is 48.8 Å². The quantitative estimate of drug-likeness (QED) is 0.819. The monoisotopic (exact) mass is 309 g/mol. The maximum atomic E-state index is 3.84. The average Bonchev–Trinajstić information content (AvgIpc) is 2.67. The van der Waals surface area contributed by atoms with Gasteiger partial charge in [0, 0.05) is 16.6 Å². The lowest BCUT2D eigenvalue weighted by Crippen LogP contribution is -2.31. The van der Waals surface area contributed by atoms with Crippen LogP contribution in [0.4, 0.5) is 0 Å². The molecule has 2 unspecified atom stereocenters. The van der Waals surface area contributed by atoms with E-state index in [2.05, 4.69) is 66.3 Å². The Hall–Kier alpha value is -0.340. The van der Waals surface area contributed by atoms with Crippen LogP contribution in [-0.4, -0.2) is 6.04 Å². The highest BCUT2D eigenvalue weighted by atomic mass is 79.9. The topological polar surface area (TPSA) is 12.0 Å². The summed E-state index contributed by atoms with van der Waals surface area (Å²) in [6.45, 7) is 7.03. The summed E-state index contributed by atoms with van der Waals surface area (Å²) in [5, 5.41) is 3.84. The minimum atomic E-state index is 0.497. The summed E-state index contributed by atoms with van der Waals surface area (Å²) in [6.07, 6.45) is 5.13. The minimum absolute atomic E-state index is 0.497. The molecule has 1 aliphatic rings. The largest absolute Gasteiger partial charge is 0.307 e. The first kappa shape index (κ1) is 14.1. The normalized spacial score (nSPS) is 24.1. The van der Waals surface area contributed by atoms with E-state index in [4.69, 9.17) is 0 Å². The van der Waals surface area contributed by atoms with E-state index in [1.165, 1.54) is 24.8 Å². The molecule has 1 fully saturated rings. The molecule has 2 atom stereocenters. The van der Waals surface area contributed by atoms with Crippen molar-refractivity contribution in [3.8, 4) is 0 Å². The molecule has 0 bridgehead atoms. The van der Waals surface area contributed by atoms with Crippen molar-refractivity contribution in [3.63, 3.8) is 0 Å². The molecule has 2 heteroatoms. The third-order valence-corrected chi connectivity index (χ3v) is 4.61. The van der Waals surface area contributed by atoms with Gasteiger partial charge in [0.2, 0.25) is 0 Å². The summed E-state index contributed by atoms with van der Waals surface area (Å²) in [5.41, 5.74) is 1.93. The first-order valence-corrected chi connectivity index (χ1v) is 7.81. The summed E-state index contributed by atoms with van der Waals surface area (Å²) in [4.78, 5) is 0. The van der Waals surface area contributed by atoms with Gasteiger partial charge in [0.25, 0.3) is 0 Å². The second-order valence-corrected chi connectivity index (χ2v) is 7.20. The fourth-order valence-electron chi connectivity index (χ4n) is 3.01. The molecule has 0 aliphatic heterocycles. The Balaban J connectivity index is 2.00. The van der Waals surface area contributed by atoms with E-state index in [1.54, 1.807) is 0 Å². The van der Waals surface area contributed by atoms with Gasteiger partial charge >= 0.3 is 0 Å². The molecule has 0 spiro atoms. The van der Waals surface area contributed by atoms with Crippen LogP contribution in [0.2, 0.25) is 0 Å². The Morgan fingerprint density at radius 3 is 2.50 bits per heavy atom. The molecule has 2 rings (SSSR count). The highest BCUT2D eigenvalue weighted by Crippen LogP contribution is 2.38. The summed E-state index contributed by atoms with van der Waals surface area (Å²) < 4.78 is 1.16. The Morgan fingerprint density at radius 2 is 2.00 bits per heavy atom. The number of halogens is 1. The predicted molar refractivity (Wildman–Crippen MR) is 81.7 cm³/mol. The lowest BCUT2D eigenvalue weighted by Gasteiger charge is -2.24. The Bertz CT molecular complexity index is 383. The van der Waals surface area contributed by atoms with Crippen LogP contribution >= 0.6 is 15.9 Å². The molecular formula is C16H24BrN. The molecule has 0 heterocycles. The van der Waals surface area contributed by atoms with Crippen molar-refractivity contribution >= 4 is 15.9 Å². The maximum absolute atomic E-state index is 3.84. The molecule has 0 aromatic heterocycles. The van der Waals surface area contributed by atoms with Crippen molar-refractivity contribution in [1.29, 1.82) is 0 Å². The number of benzene rings is 1. The zero-order chi connectivity index (χ0) is 13.2. The van der Waals surface area contributed by atoms with Crippen LogP contribution in [0, 0.1) is 5.41 Å². The van der Waals surface area contributed by atoms with Crippen molar-refractivity contribution in [3.05, 3.63) is 34.3 Å². The smallest absolute Gasteiger partial charge is 0.0320 e. The van der Waals surface area contributed by atoms with E-state index in [1.807, 2.05) is 0 Å². The van der Waals surface area contributed by atoms with Crippen LogP contribution in [-0.2, 0) is 0 Å². The van der Waals surface area contributed by atoms with E-state index < -0.39 is 0 Å². The SMILES string of the molecule is CCC(NC1CCC(C)(C)C1)c1ccc(Br)cc1. The molecule has 1 aromatic rings. The number of rotatable bonds is 4. The van der Waals surface area contributed by atoms with E-state index in [0.29, 0.717) is 17.5 Å². The Morgan fingerprint density at radius 1 is 1.33 bits per heavy atom. The fourth-order valence-corrected chi connectivity index (χ4v) is 3.27. The van der Waals surface area contributed by atoms with Crippen LogP contribution in [0.15, 0.2) is 28.7 Å². The van der Waals surface area contributed by atoms with Gasteiger partial charge in [0.1, 0.15) is 0 Å². The van der Waals surface area contributed by atoms with E-state index >= 15 is 0 Å².